The van der Waals surface area contributed by atoms with Gasteiger partial charge in [0.05, 0.1) is 39.5 Å². The van der Waals surface area contributed by atoms with Gasteiger partial charge in [-0.25, -0.2) is 19.2 Å². The summed E-state index contributed by atoms with van der Waals surface area (Å²) in [5.41, 5.74) is -0.466. The number of hydrogen-bond donors (Lipinski definition) is 3. The van der Waals surface area contributed by atoms with Crippen LogP contribution < -0.4 is 10.8 Å². The normalized spacial score (nSPS) is 11.4. The van der Waals surface area contributed by atoms with Crippen LogP contribution in [-0.4, -0.2) is 29.2 Å². The standard InChI is InChI=1S/C15H10BrClF5N3O3/c16-8-4-7(14(27)25-28-2-1-26)12(11(19)10(8)18)24-13-9(17)3-6(5-23-13)15(20,21)22/h3-5,26H,1-2H2,(H,23,24)(H,25,27). The van der Waals surface area contributed by atoms with E-state index >= 15 is 0 Å². The molecular formula is C15H10BrClF5N3O3. The first kappa shape index (κ1) is 22.3. The number of amides is 1. The van der Waals surface area contributed by atoms with E-state index in [9.17, 15) is 26.7 Å². The molecule has 1 amide bonds. The van der Waals surface area contributed by atoms with Gasteiger partial charge in [0.25, 0.3) is 5.91 Å². The quantitative estimate of drug-likeness (QED) is 0.245. The van der Waals surface area contributed by atoms with Gasteiger partial charge in [-0.2, -0.15) is 13.2 Å². The third-order valence-electron chi connectivity index (χ3n) is 3.18. The van der Waals surface area contributed by atoms with Crippen LogP contribution in [0, 0.1) is 11.6 Å². The first-order valence-corrected chi connectivity index (χ1v) is 8.43. The van der Waals surface area contributed by atoms with Crippen LogP contribution in [0.15, 0.2) is 22.8 Å². The zero-order valence-corrected chi connectivity index (χ0v) is 15.8. The fraction of sp³-hybridized carbons (Fsp3) is 0.200. The molecule has 152 valence electrons. The highest BCUT2D eigenvalue weighted by Crippen LogP contribution is 2.35. The first-order chi connectivity index (χ1) is 13.1. The summed E-state index contributed by atoms with van der Waals surface area (Å²) in [6, 6.07) is 1.45. The molecular weight excluding hydrogens is 481 g/mol. The maximum absolute atomic E-state index is 14.4. The Morgan fingerprint density at radius 3 is 2.54 bits per heavy atom. The number of benzene rings is 1. The Hall–Kier alpha value is -2.02. The average molecular weight is 491 g/mol. The molecule has 0 saturated heterocycles. The molecule has 0 saturated carbocycles. The van der Waals surface area contributed by atoms with Gasteiger partial charge in [0.2, 0.25) is 0 Å². The molecule has 2 aromatic rings. The number of nitrogens with one attached hydrogen (secondary N) is 2. The first-order valence-electron chi connectivity index (χ1n) is 7.26. The molecule has 3 N–H and O–H groups in total. The van der Waals surface area contributed by atoms with Crippen LogP contribution in [0.1, 0.15) is 15.9 Å². The highest BCUT2D eigenvalue weighted by atomic mass is 79.9. The minimum Gasteiger partial charge on any atom is -0.394 e. The van der Waals surface area contributed by atoms with E-state index in [1.54, 1.807) is 0 Å². The average Bonchev–Trinajstić information content (AvgIpc) is 2.62. The molecule has 0 atom stereocenters. The van der Waals surface area contributed by atoms with E-state index in [2.05, 4.69) is 31.1 Å². The van der Waals surface area contributed by atoms with Gasteiger partial charge in [0, 0.05) is 6.20 Å². The summed E-state index contributed by atoms with van der Waals surface area (Å²) >= 11 is 8.48. The zero-order valence-electron chi connectivity index (χ0n) is 13.5. The van der Waals surface area contributed by atoms with Crippen LogP contribution in [0.25, 0.3) is 0 Å². The molecule has 0 aliphatic carbocycles. The summed E-state index contributed by atoms with van der Waals surface area (Å²) in [6.45, 7) is -0.691. The number of carbonyl (C=O) groups excluding carboxylic acids is 1. The van der Waals surface area contributed by atoms with E-state index in [0.29, 0.717) is 12.3 Å². The van der Waals surface area contributed by atoms with Crippen LogP contribution in [0.5, 0.6) is 0 Å². The Morgan fingerprint density at radius 1 is 1.29 bits per heavy atom. The number of hydroxylamine groups is 1. The molecule has 13 heteroatoms. The minimum absolute atomic E-state index is 0.272. The Kier molecular flexibility index (Phi) is 7.15. The van der Waals surface area contributed by atoms with Crippen molar-refractivity contribution in [3.63, 3.8) is 0 Å². The van der Waals surface area contributed by atoms with Gasteiger partial charge < -0.3 is 10.4 Å². The number of aromatic nitrogens is 1. The second-order valence-electron chi connectivity index (χ2n) is 5.09. The molecule has 2 rings (SSSR count). The van der Waals surface area contributed by atoms with Gasteiger partial charge >= 0.3 is 6.18 Å². The number of rotatable bonds is 6. The van der Waals surface area contributed by atoms with Crippen molar-refractivity contribution in [1.82, 2.24) is 10.5 Å². The van der Waals surface area contributed by atoms with Crippen molar-refractivity contribution in [1.29, 1.82) is 0 Å². The van der Waals surface area contributed by atoms with Gasteiger partial charge in [-0.1, -0.05) is 11.6 Å². The predicted octanol–water partition coefficient (Wildman–Crippen LogP) is 4.19. The van der Waals surface area contributed by atoms with Crippen molar-refractivity contribution in [2.75, 3.05) is 18.5 Å². The molecule has 0 fully saturated rings. The molecule has 0 unspecified atom stereocenters. The second kappa shape index (κ2) is 8.99. The number of nitrogens with zero attached hydrogens (tertiary/aromatic N) is 1. The molecule has 0 aliphatic rings. The van der Waals surface area contributed by atoms with Crippen molar-refractivity contribution in [2.45, 2.75) is 6.18 Å². The summed E-state index contributed by atoms with van der Waals surface area (Å²) in [5.74, 6) is -4.35. The van der Waals surface area contributed by atoms with Gasteiger partial charge in [0.1, 0.15) is 5.82 Å². The third kappa shape index (κ3) is 5.07. The second-order valence-corrected chi connectivity index (χ2v) is 6.35. The van der Waals surface area contributed by atoms with Crippen molar-refractivity contribution in [2.24, 2.45) is 0 Å². The maximum atomic E-state index is 14.4. The summed E-state index contributed by atoms with van der Waals surface area (Å²) in [5, 5.41) is 10.3. The Balaban J connectivity index is 2.44. The van der Waals surface area contributed by atoms with E-state index in [-0.39, 0.29) is 6.61 Å². The Morgan fingerprint density at radius 2 is 1.96 bits per heavy atom. The van der Waals surface area contributed by atoms with E-state index in [1.807, 2.05) is 5.48 Å². The van der Waals surface area contributed by atoms with Crippen molar-refractivity contribution < 1.29 is 36.7 Å². The van der Waals surface area contributed by atoms with E-state index in [1.165, 1.54) is 0 Å². The molecule has 0 radical (unpaired) electrons. The SMILES string of the molecule is O=C(NOCCO)c1cc(Br)c(F)c(F)c1Nc1ncc(C(F)(F)F)cc1Cl. The van der Waals surface area contributed by atoms with Gasteiger partial charge in [0.15, 0.2) is 11.6 Å². The lowest BCUT2D eigenvalue weighted by molar-refractivity contribution is -0.137. The molecule has 1 aromatic carbocycles. The minimum atomic E-state index is -4.71. The van der Waals surface area contributed by atoms with E-state index < -0.39 is 62.5 Å². The maximum Gasteiger partial charge on any atom is 0.417 e. The lowest BCUT2D eigenvalue weighted by Gasteiger charge is -2.15. The van der Waals surface area contributed by atoms with Gasteiger partial charge in [-0.05, 0) is 28.1 Å². The largest absolute Gasteiger partial charge is 0.417 e. The molecule has 1 heterocycles. The van der Waals surface area contributed by atoms with Crippen molar-refractivity contribution in [3.8, 4) is 0 Å². The number of carbonyl (C=O) groups is 1. The summed E-state index contributed by atoms with van der Waals surface area (Å²) in [7, 11) is 0. The molecule has 0 spiro atoms. The Bertz CT molecular complexity index is 898. The van der Waals surface area contributed by atoms with Crippen molar-refractivity contribution in [3.05, 3.63) is 50.6 Å². The Labute approximate surface area is 167 Å². The fourth-order valence-corrected chi connectivity index (χ4v) is 2.53. The number of hydrogen-bond acceptors (Lipinski definition) is 5. The third-order valence-corrected chi connectivity index (χ3v) is 4.04. The number of aliphatic hydroxyl groups excluding tert-OH is 1. The predicted molar refractivity (Wildman–Crippen MR) is 92.1 cm³/mol. The van der Waals surface area contributed by atoms with Crippen LogP contribution in [0.2, 0.25) is 5.02 Å². The monoisotopic (exact) mass is 489 g/mol. The topological polar surface area (TPSA) is 83.5 Å². The van der Waals surface area contributed by atoms with Crippen molar-refractivity contribution >= 4 is 44.9 Å². The van der Waals surface area contributed by atoms with Crippen LogP contribution in [0.4, 0.5) is 33.5 Å². The van der Waals surface area contributed by atoms with E-state index in [0.717, 1.165) is 6.07 Å². The van der Waals surface area contributed by atoms with Crippen LogP contribution >= 0.6 is 27.5 Å². The number of alkyl halides is 3. The number of pyridine rings is 1. The van der Waals surface area contributed by atoms with Crippen LogP contribution in [0.3, 0.4) is 0 Å². The number of aliphatic hydroxyl groups is 1. The van der Waals surface area contributed by atoms with Gasteiger partial charge in [-0.3, -0.25) is 9.63 Å². The highest BCUT2D eigenvalue weighted by Gasteiger charge is 2.32. The van der Waals surface area contributed by atoms with Crippen LogP contribution in [-0.2, 0) is 11.0 Å². The summed E-state index contributed by atoms with van der Waals surface area (Å²) in [6.07, 6.45) is -4.27. The fourth-order valence-electron chi connectivity index (χ4n) is 1.92. The smallest absolute Gasteiger partial charge is 0.394 e. The summed E-state index contributed by atoms with van der Waals surface area (Å²) < 4.78 is 66.0. The molecule has 0 aliphatic heterocycles. The molecule has 28 heavy (non-hydrogen) atoms. The lowest BCUT2D eigenvalue weighted by atomic mass is 10.1. The molecule has 0 bridgehead atoms. The summed E-state index contributed by atoms with van der Waals surface area (Å²) in [4.78, 5) is 20.2. The highest BCUT2D eigenvalue weighted by molar-refractivity contribution is 9.10. The zero-order chi connectivity index (χ0) is 21.1. The molecule has 6 nitrogen and oxygen atoms in total. The molecule has 1 aromatic heterocycles. The van der Waals surface area contributed by atoms with E-state index in [4.69, 9.17) is 16.7 Å². The number of anilines is 2. The van der Waals surface area contributed by atoms with Gasteiger partial charge in [-0.15, -0.1) is 0 Å². The number of halogens is 7. The lowest BCUT2D eigenvalue weighted by Crippen LogP contribution is -2.26.